The highest BCUT2D eigenvalue weighted by Gasteiger charge is 2.46. The highest BCUT2D eigenvalue weighted by Crippen LogP contribution is 2.48. The van der Waals surface area contributed by atoms with Crippen molar-refractivity contribution in [3.05, 3.63) is 59.0 Å². The lowest BCUT2D eigenvalue weighted by Crippen LogP contribution is -2.52. The van der Waals surface area contributed by atoms with Gasteiger partial charge in [-0.15, -0.1) is 0 Å². The van der Waals surface area contributed by atoms with Gasteiger partial charge in [0, 0.05) is 44.1 Å². The topological polar surface area (TPSA) is 83.5 Å². The molecule has 3 atom stereocenters. The monoisotopic (exact) mass is 487 g/mol. The van der Waals surface area contributed by atoms with Crippen LogP contribution in [-0.2, 0) is 17.6 Å². The molecule has 190 valence electrons. The van der Waals surface area contributed by atoms with Gasteiger partial charge in [-0.1, -0.05) is 12.1 Å². The molecule has 1 aliphatic carbocycles. The van der Waals surface area contributed by atoms with E-state index in [1.54, 1.807) is 32.2 Å². The highest BCUT2D eigenvalue weighted by molar-refractivity contribution is 5.73. The van der Waals surface area contributed by atoms with Crippen LogP contribution >= 0.6 is 0 Å². The summed E-state index contributed by atoms with van der Waals surface area (Å²) in [6.07, 6.45) is 5.02. The zero-order valence-electron chi connectivity index (χ0n) is 20.6. The van der Waals surface area contributed by atoms with Crippen molar-refractivity contribution in [2.75, 3.05) is 6.54 Å². The lowest BCUT2D eigenvalue weighted by atomic mass is 9.73. The SMILES string of the molecule is CC(=O)N[C@@H](Cc1cccc(F)c1)[C@H](O)CN[C@H]1CC2(CCC2)Oc2ncc(CC(C)(C)F)cc21. The van der Waals surface area contributed by atoms with Crippen LogP contribution in [0.1, 0.15) is 69.2 Å². The molecule has 8 heteroatoms. The average Bonchev–Trinajstić information content (AvgIpc) is 2.74. The molecule has 0 saturated heterocycles. The van der Waals surface area contributed by atoms with E-state index in [0.717, 1.165) is 36.8 Å². The number of amides is 1. The molecule has 1 aromatic heterocycles. The Labute approximate surface area is 205 Å². The number of hydrogen-bond donors (Lipinski definition) is 3. The molecule has 1 aliphatic heterocycles. The second-order valence-electron chi connectivity index (χ2n) is 10.6. The lowest BCUT2D eigenvalue weighted by Gasteiger charge is -2.47. The van der Waals surface area contributed by atoms with Crippen molar-refractivity contribution < 1.29 is 23.4 Å². The number of ether oxygens (including phenoxy) is 1. The summed E-state index contributed by atoms with van der Waals surface area (Å²) in [7, 11) is 0. The molecule has 3 N–H and O–H groups in total. The predicted molar refractivity (Wildman–Crippen MR) is 129 cm³/mol. The summed E-state index contributed by atoms with van der Waals surface area (Å²) in [6, 6.07) is 7.38. The molecule has 2 aromatic rings. The average molecular weight is 488 g/mol. The molecule has 2 heterocycles. The number of aliphatic hydroxyl groups is 1. The number of carbonyl (C=O) groups excluding carboxylic acids is 1. The number of fused-ring (bicyclic) bond motifs is 1. The third-order valence-corrected chi connectivity index (χ3v) is 6.86. The van der Waals surface area contributed by atoms with Crippen LogP contribution in [0.2, 0.25) is 0 Å². The van der Waals surface area contributed by atoms with E-state index in [2.05, 4.69) is 15.6 Å². The summed E-state index contributed by atoms with van der Waals surface area (Å²) in [4.78, 5) is 16.3. The zero-order valence-corrected chi connectivity index (χ0v) is 20.6. The van der Waals surface area contributed by atoms with E-state index in [0.29, 0.717) is 17.9 Å². The molecule has 1 amide bonds. The Morgan fingerprint density at radius 1 is 1.31 bits per heavy atom. The van der Waals surface area contributed by atoms with Crippen LogP contribution in [-0.4, -0.2) is 46.0 Å². The third-order valence-electron chi connectivity index (χ3n) is 6.86. The number of carbonyl (C=O) groups is 1. The Bertz CT molecular complexity index is 1050. The summed E-state index contributed by atoms with van der Waals surface area (Å²) in [5.74, 6) is -0.0689. The van der Waals surface area contributed by atoms with Gasteiger partial charge in [0.2, 0.25) is 11.8 Å². The summed E-state index contributed by atoms with van der Waals surface area (Å²) < 4.78 is 34.2. The summed E-state index contributed by atoms with van der Waals surface area (Å²) in [5, 5.41) is 17.3. The molecule has 1 saturated carbocycles. The van der Waals surface area contributed by atoms with E-state index >= 15 is 0 Å². The van der Waals surface area contributed by atoms with Crippen molar-refractivity contribution in [1.82, 2.24) is 15.6 Å². The zero-order chi connectivity index (χ0) is 25.2. The van der Waals surface area contributed by atoms with Crippen LogP contribution in [0.15, 0.2) is 36.5 Å². The van der Waals surface area contributed by atoms with Gasteiger partial charge in [-0.05, 0) is 68.9 Å². The number of aliphatic hydroxyl groups excluding tert-OH is 1. The first kappa shape index (κ1) is 25.5. The Morgan fingerprint density at radius 2 is 2.09 bits per heavy atom. The maximum atomic E-state index is 14.3. The Balaban J connectivity index is 1.50. The fourth-order valence-electron chi connectivity index (χ4n) is 5.09. The Hall–Kier alpha value is -2.58. The van der Waals surface area contributed by atoms with Crippen molar-refractivity contribution >= 4 is 5.91 Å². The first-order chi connectivity index (χ1) is 16.5. The minimum Gasteiger partial charge on any atom is -0.471 e. The van der Waals surface area contributed by atoms with E-state index < -0.39 is 17.8 Å². The van der Waals surface area contributed by atoms with E-state index in [9.17, 15) is 18.7 Å². The smallest absolute Gasteiger partial charge is 0.218 e. The first-order valence-corrected chi connectivity index (χ1v) is 12.3. The van der Waals surface area contributed by atoms with Gasteiger partial charge in [-0.25, -0.2) is 13.8 Å². The van der Waals surface area contributed by atoms with E-state index in [1.807, 2.05) is 6.07 Å². The lowest BCUT2D eigenvalue weighted by molar-refractivity contribution is -0.120. The number of benzene rings is 1. The minimum absolute atomic E-state index is 0.129. The molecular formula is C27H35F2N3O3. The van der Waals surface area contributed by atoms with Gasteiger partial charge in [-0.3, -0.25) is 4.79 Å². The maximum absolute atomic E-state index is 14.3. The quantitative estimate of drug-likeness (QED) is 0.499. The summed E-state index contributed by atoms with van der Waals surface area (Å²) in [6.45, 7) is 4.69. The van der Waals surface area contributed by atoms with Gasteiger partial charge in [0.1, 0.15) is 17.1 Å². The third kappa shape index (κ3) is 6.55. The van der Waals surface area contributed by atoms with Crippen LogP contribution in [0.4, 0.5) is 8.78 Å². The van der Waals surface area contributed by atoms with E-state index in [1.165, 1.54) is 19.1 Å². The number of pyridine rings is 1. The molecule has 0 bridgehead atoms. The highest BCUT2D eigenvalue weighted by atomic mass is 19.1. The van der Waals surface area contributed by atoms with Crippen LogP contribution in [0.3, 0.4) is 0 Å². The van der Waals surface area contributed by atoms with Crippen molar-refractivity contribution in [1.29, 1.82) is 0 Å². The second kappa shape index (κ2) is 10.2. The van der Waals surface area contributed by atoms with E-state index in [4.69, 9.17) is 4.74 Å². The fraction of sp³-hybridized carbons (Fsp3) is 0.556. The number of aromatic nitrogens is 1. The van der Waals surface area contributed by atoms with Gasteiger partial charge in [0.15, 0.2) is 0 Å². The van der Waals surface area contributed by atoms with Crippen molar-refractivity contribution in [3.63, 3.8) is 0 Å². The molecule has 2 aliphatic rings. The Kier molecular flexibility index (Phi) is 7.43. The second-order valence-corrected chi connectivity index (χ2v) is 10.6. The minimum atomic E-state index is -1.36. The van der Waals surface area contributed by atoms with Gasteiger partial charge < -0.3 is 20.5 Å². The number of halogens is 2. The standard InChI is InChI=1S/C27H35F2N3O3/c1-17(33)32-22(12-18-6-4-7-20(28)10-18)24(34)16-30-23-14-27(8-5-9-27)35-25-21(23)11-19(15-31-25)13-26(2,3)29/h4,6-7,10-11,15,22-24,30,34H,5,8-9,12-14,16H2,1-3H3,(H,32,33)/t22-,23-,24+/m0/s1. The van der Waals surface area contributed by atoms with Crippen molar-refractivity contribution in [2.45, 2.75) is 88.8 Å². The summed E-state index contributed by atoms with van der Waals surface area (Å²) >= 11 is 0. The largest absolute Gasteiger partial charge is 0.471 e. The van der Waals surface area contributed by atoms with Gasteiger partial charge in [0.05, 0.1) is 12.1 Å². The van der Waals surface area contributed by atoms with Gasteiger partial charge in [-0.2, -0.15) is 0 Å². The maximum Gasteiger partial charge on any atom is 0.218 e. The normalized spacial score (nSPS) is 20.3. The van der Waals surface area contributed by atoms with E-state index in [-0.39, 0.29) is 36.3 Å². The van der Waals surface area contributed by atoms with Gasteiger partial charge in [0.25, 0.3) is 0 Å². The molecule has 35 heavy (non-hydrogen) atoms. The molecular weight excluding hydrogens is 452 g/mol. The van der Waals surface area contributed by atoms with Crippen LogP contribution in [0, 0.1) is 5.82 Å². The Morgan fingerprint density at radius 3 is 2.71 bits per heavy atom. The number of nitrogens with one attached hydrogen (secondary N) is 2. The van der Waals surface area contributed by atoms with Crippen molar-refractivity contribution in [2.24, 2.45) is 0 Å². The number of alkyl halides is 1. The van der Waals surface area contributed by atoms with Crippen LogP contribution in [0.5, 0.6) is 5.88 Å². The molecule has 1 spiro atoms. The summed E-state index contributed by atoms with van der Waals surface area (Å²) in [5.41, 5.74) is 0.719. The first-order valence-electron chi connectivity index (χ1n) is 12.3. The molecule has 1 fully saturated rings. The molecule has 4 rings (SSSR count). The molecule has 0 radical (unpaired) electrons. The number of rotatable bonds is 9. The molecule has 0 unspecified atom stereocenters. The predicted octanol–water partition coefficient (Wildman–Crippen LogP) is 3.96. The number of nitrogens with zero attached hydrogens (tertiary/aromatic N) is 1. The molecule has 1 aromatic carbocycles. The van der Waals surface area contributed by atoms with Crippen LogP contribution in [0.25, 0.3) is 0 Å². The molecule has 6 nitrogen and oxygen atoms in total. The van der Waals surface area contributed by atoms with Gasteiger partial charge >= 0.3 is 0 Å². The number of hydrogen-bond acceptors (Lipinski definition) is 5. The van der Waals surface area contributed by atoms with Crippen LogP contribution < -0.4 is 15.4 Å². The fourth-order valence-corrected chi connectivity index (χ4v) is 5.09. The van der Waals surface area contributed by atoms with Crippen molar-refractivity contribution in [3.8, 4) is 5.88 Å².